The van der Waals surface area contributed by atoms with Gasteiger partial charge in [0, 0.05) is 27.5 Å². The van der Waals surface area contributed by atoms with Crippen LogP contribution >= 0.6 is 0 Å². The molecule has 1 nitrogen and oxygen atoms in total. The Morgan fingerprint density at radius 3 is 1.79 bits per heavy atom. The van der Waals surface area contributed by atoms with Crippen LogP contribution in [0.3, 0.4) is 0 Å². The summed E-state index contributed by atoms with van der Waals surface area (Å²) >= 11 is 0. The molecule has 4 fully saturated rings. The molecule has 4 saturated carbocycles. The smallest absolute Gasteiger partial charge is 0.0776 e. The van der Waals surface area contributed by atoms with Gasteiger partial charge in [-0.2, -0.15) is 0 Å². The molecular weight excluding hydrogens is 703 g/mol. The fraction of sp³-hybridized carbons (Fsp3) is 0.345. The van der Waals surface area contributed by atoms with Crippen molar-refractivity contribution < 1.29 is 0 Å². The van der Waals surface area contributed by atoms with Crippen molar-refractivity contribution in [3.63, 3.8) is 0 Å². The topological polar surface area (TPSA) is 3.24 Å². The first-order chi connectivity index (χ1) is 27.4. The maximum absolute atomic E-state index is 2.73. The second kappa shape index (κ2) is 11.3. The second-order valence-electron chi connectivity index (χ2n) is 21.0. The average Bonchev–Trinajstić information content (AvgIpc) is 3.72. The van der Waals surface area contributed by atoms with E-state index in [2.05, 4.69) is 174 Å². The predicted octanol–water partition coefficient (Wildman–Crippen LogP) is 14.0. The van der Waals surface area contributed by atoms with E-state index < -0.39 is 8.07 Å². The van der Waals surface area contributed by atoms with Gasteiger partial charge in [0.15, 0.2) is 0 Å². The predicted molar refractivity (Wildman–Crippen MR) is 242 cm³/mol. The van der Waals surface area contributed by atoms with Crippen LogP contribution in [0, 0.1) is 23.7 Å². The molecule has 0 heterocycles. The summed E-state index contributed by atoms with van der Waals surface area (Å²) in [5, 5.41) is 1.58. The van der Waals surface area contributed by atoms with E-state index >= 15 is 0 Å². The number of hydrogen-bond donors (Lipinski definition) is 0. The Balaban J connectivity index is 1.15. The van der Waals surface area contributed by atoms with Gasteiger partial charge in [0.25, 0.3) is 0 Å². The van der Waals surface area contributed by atoms with Crippen LogP contribution in [0.4, 0.5) is 17.1 Å². The van der Waals surface area contributed by atoms with Gasteiger partial charge in [-0.1, -0.05) is 150 Å². The molecule has 0 aromatic heterocycles. The van der Waals surface area contributed by atoms with Crippen LogP contribution in [0.5, 0.6) is 0 Å². The Hall–Kier alpha value is -4.66. The highest BCUT2D eigenvalue weighted by atomic mass is 28.3. The van der Waals surface area contributed by atoms with Crippen LogP contribution in [0.25, 0.3) is 33.4 Å². The van der Waals surface area contributed by atoms with Gasteiger partial charge < -0.3 is 4.90 Å². The highest BCUT2D eigenvalue weighted by molar-refractivity contribution is 6.88. The fourth-order valence-electron chi connectivity index (χ4n) is 14.1. The summed E-state index contributed by atoms with van der Waals surface area (Å²) in [6.07, 6.45) is 7.05. The highest BCUT2D eigenvalue weighted by Gasteiger charge is 2.62. The SMILES string of the molecule is CC1(C)c2ccccc2-c2c(N(c3ccc4c(c3)C3(c5ccc([Si](C)(C)C)cc5-4)C4CC5CC(C4)CC3C5)c3cccc4c3C(C)(C)c3ccccc3-4)cccc21. The zero-order valence-electron chi connectivity index (χ0n) is 34.8. The number of nitrogens with zero attached hydrogens (tertiary/aromatic N) is 1. The Morgan fingerprint density at radius 1 is 0.474 bits per heavy atom. The fourth-order valence-corrected chi connectivity index (χ4v) is 15.3. The van der Waals surface area contributed by atoms with E-state index in [1.807, 2.05) is 0 Å². The van der Waals surface area contributed by atoms with Crippen LogP contribution in [-0.4, -0.2) is 8.07 Å². The van der Waals surface area contributed by atoms with Crippen molar-refractivity contribution in [3.8, 4) is 33.4 Å². The summed E-state index contributed by atoms with van der Waals surface area (Å²) in [7, 11) is -1.52. The van der Waals surface area contributed by atoms with E-state index in [0.717, 1.165) is 23.7 Å². The molecule has 0 unspecified atom stereocenters. The number of hydrogen-bond acceptors (Lipinski definition) is 1. The van der Waals surface area contributed by atoms with E-state index in [4.69, 9.17) is 0 Å². The van der Waals surface area contributed by atoms with Crippen LogP contribution in [0.1, 0.15) is 93.2 Å². The first-order valence-electron chi connectivity index (χ1n) is 21.9. The molecule has 1 spiro atoms. The molecule has 4 bridgehead atoms. The zero-order chi connectivity index (χ0) is 38.8. The molecule has 7 aliphatic carbocycles. The van der Waals surface area contributed by atoms with Crippen LogP contribution in [0.15, 0.2) is 121 Å². The zero-order valence-corrected chi connectivity index (χ0v) is 35.8. The quantitative estimate of drug-likeness (QED) is 0.162. The van der Waals surface area contributed by atoms with Crippen LogP contribution in [-0.2, 0) is 16.2 Å². The van der Waals surface area contributed by atoms with Gasteiger partial charge >= 0.3 is 0 Å². The molecule has 0 radical (unpaired) electrons. The lowest BCUT2D eigenvalue weighted by Crippen LogP contribution is -2.55. The molecule has 6 aromatic rings. The molecule has 0 saturated heterocycles. The number of rotatable bonds is 4. The molecule has 0 N–H and O–H groups in total. The van der Waals surface area contributed by atoms with E-state index in [1.54, 1.807) is 21.9 Å². The van der Waals surface area contributed by atoms with Crippen molar-refractivity contribution in [1.82, 2.24) is 0 Å². The molecular formula is C55H55NSi. The molecule has 57 heavy (non-hydrogen) atoms. The molecule has 6 aromatic carbocycles. The molecule has 284 valence electrons. The summed E-state index contributed by atoms with van der Waals surface area (Å²) in [6, 6.07) is 48.2. The Kier molecular flexibility index (Phi) is 6.81. The van der Waals surface area contributed by atoms with Crippen molar-refractivity contribution >= 4 is 30.3 Å². The second-order valence-corrected chi connectivity index (χ2v) is 26.1. The minimum absolute atomic E-state index is 0.0835. The first-order valence-corrected chi connectivity index (χ1v) is 25.4. The third kappa shape index (κ3) is 4.36. The first kappa shape index (κ1) is 34.4. The third-order valence-electron chi connectivity index (χ3n) is 16.4. The number of fused-ring (bicyclic) bond motifs is 9. The normalized spacial score (nSPS) is 25.8. The summed E-state index contributed by atoms with van der Waals surface area (Å²) in [5.74, 6) is 3.27. The maximum atomic E-state index is 2.73. The third-order valence-corrected chi connectivity index (χ3v) is 18.4. The lowest BCUT2D eigenvalue weighted by Gasteiger charge is -2.61. The van der Waals surface area contributed by atoms with Gasteiger partial charge in [0.1, 0.15) is 0 Å². The van der Waals surface area contributed by atoms with Crippen molar-refractivity contribution in [2.75, 3.05) is 4.90 Å². The van der Waals surface area contributed by atoms with Crippen molar-refractivity contribution in [2.24, 2.45) is 23.7 Å². The van der Waals surface area contributed by atoms with Crippen LogP contribution < -0.4 is 10.1 Å². The summed E-state index contributed by atoms with van der Waals surface area (Å²) < 4.78 is 0. The van der Waals surface area contributed by atoms with Gasteiger partial charge in [-0.15, -0.1) is 0 Å². The monoisotopic (exact) mass is 757 g/mol. The molecule has 0 atom stereocenters. The molecule has 2 heteroatoms. The lowest BCUT2D eigenvalue weighted by molar-refractivity contribution is -0.0399. The van der Waals surface area contributed by atoms with Gasteiger partial charge in [-0.05, 0) is 141 Å². The molecule has 0 amide bonds. The maximum Gasteiger partial charge on any atom is 0.0776 e. The Bertz CT molecular complexity index is 2670. The average molecular weight is 758 g/mol. The van der Waals surface area contributed by atoms with Crippen molar-refractivity contribution in [1.29, 1.82) is 0 Å². The van der Waals surface area contributed by atoms with E-state index in [1.165, 1.54) is 99.2 Å². The number of anilines is 3. The van der Waals surface area contributed by atoms with Crippen LogP contribution in [0.2, 0.25) is 19.6 Å². The summed E-state index contributed by atoms with van der Waals surface area (Å²) in [5.41, 5.74) is 21.3. The minimum Gasteiger partial charge on any atom is -0.310 e. The Labute approximate surface area is 341 Å². The molecule has 0 aliphatic heterocycles. The standard InChI is InChI=1S/C55H55NSi/c1-53(2)45-18-11-9-15-42(45)51-47(53)19-13-20-49(51)56(50-21-12-16-41-39-14-8-10-17-44(39)54(3,4)52(41)50)37-22-24-40-43-32-38(57(5,6)7)23-25-46(43)55(48(40)31-37)35-27-33-26-34(29-35)30-36(55)28-33/h8-25,31-36H,26-30H2,1-7H3. The van der Waals surface area contributed by atoms with E-state index in [0.29, 0.717) is 0 Å². The summed E-state index contributed by atoms with van der Waals surface area (Å²) in [4.78, 5) is 2.71. The van der Waals surface area contributed by atoms with Gasteiger partial charge in [0.05, 0.1) is 19.4 Å². The largest absolute Gasteiger partial charge is 0.310 e. The Morgan fingerprint density at radius 2 is 1.07 bits per heavy atom. The van der Waals surface area contributed by atoms with Gasteiger partial charge in [-0.25, -0.2) is 0 Å². The highest BCUT2D eigenvalue weighted by Crippen LogP contribution is 2.70. The molecule has 13 rings (SSSR count). The van der Waals surface area contributed by atoms with Crippen molar-refractivity contribution in [3.05, 3.63) is 155 Å². The minimum atomic E-state index is -1.52. The molecule has 7 aliphatic rings. The number of benzene rings is 6. The van der Waals surface area contributed by atoms with Gasteiger partial charge in [0.2, 0.25) is 0 Å². The lowest BCUT2D eigenvalue weighted by atomic mass is 9.43. The van der Waals surface area contributed by atoms with Crippen molar-refractivity contribution in [2.45, 2.75) is 95.7 Å². The van der Waals surface area contributed by atoms with Gasteiger partial charge in [-0.3, -0.25) is 0 Å². The van der Waals surface area contributed by atoms with E-state index in [-0.39, 0.29) is 16.2 Å². The van der Waals surface area contributed by atoms with E-state index in [9.17, 15) is 0 Å². The summed E-state index contributed by atoms with van der Waals surface area (Å²) in [6.45, 7) is 17.3.